The van der Waals surface area contributed by atoms with Gasteiger partial charge in [-0.1, -0.05) is 17.7 Å². The lowest BCUT2D eigenvalue weighted by Crippen LogP contribution is -2.15. The van der Waals surface area contributed by atoms with Crippen molar-refractivity contribution in [2.45, 2.75) is 6.92 Å². The monoisotopic (exact) mass is 398 g/mol. The molecule has 0 fully saturated rings. The molecule has 0 radical (unpaired) electrons. The second kappa shape index (κ2) is 8.58. The average Bonchev–Trinajstić information content (AvgIpc) is 2.71. The lowest BCUT2D eigenvalue weighted by atomic mass is 10.2. The molecular weight excluding hydrogens is 380 g/mol. The number of methoxy groups -OCH3 is 2. The van der Waals surface area contributed by atoms with Gasteiger partial charge in [0.05, 0.1) is 19.9 Å². The summed E-state index contributed by atoms with van der Waals surface area (Å²) in [5.74, 6) is 1.34. The third-order valence-electron chi connectivity index (χ3n) is 4.02. The molecule has 0 spiro atoms. The zero-order chi connectivity index (χ0) is 20.1. The first kappa shape index (κ1) is 19.4. The Morgan fingerprint density at radius 2 is 1.82 bits per heavy atom. The van der Waals surface area contributed by atoms with Crippen LogP contribution in [0.3, 0.4) is 0 Å². The van der Waals surface area contributed by atoms with Crippen LogP contribution in [0.5, 0.6) is 11.5 Å². The third-order valence-corrected chi connectivity index (χ3v) is 4.25. The van der Waals surface area contributed by atoms with Gasteiger partial charge >= 0.3 is 0 Å². The van der Waals surface area contributed by atoms with Crippen LogP contribution in [-0.4, -0.2) is 30.1 Å². The van der Waals surface area contributed by atoms with E-state index in [2.05, 4.69) is 20.6 Å². The van der Waals surface area contributed by atoms with Gasteiger partial charge in [0.15, 0.2) is 0 Å². The predicted molar refractivity (Wildman–Crippen MR) is 109 cm³/mol. The first-order valence-electron chi connectivity index (χ1n) is 8.38. The van der Waals surface area contributed by atoms with Crippen molar-refractivity contribution in [2.24, 2.45) is 0 Å². The summed E-state index contributed by atoms with van der Waals surface area (Å²) in [5, 5.41) is 6.47. The molecule has 0 bridgehead atoms. The van der Waals surface area contributed by atoms with Gasteiger partial charge in [0, 0.05) is 22.8 Å². The lowest BCUT2D eigenvalue weighted by molar-refractivity contribution is 0.102. The van der Waals surface area contributed by atoms with Gasteiger partial charge in [-0.3, -0.25) is 4.79 Å². The van der Waals surface area contributed by atoms with Crippen LogP contribution < -0.4 is 20.1 Å². The van der Waals surface area contributed by atoms with Crippen molar-refractivity contribution in [1.29, 1.82) is 0 Å². The van der Waals surface area contributed by atoms with Crippen molar-refractivity contribution >= 4 is 34.7 Å². The van der Waals surface area contributed by atoms with Crippen LogP contribution in [0.25, 0.3) is 0 Å². The van der Waals surface area contributed by atoms with Crippen molar-refractivity contribution in [3.8, 4) is 11.5 Å². The standard InChI is InChI=1S/C20H19ClN4O3/c1-12-4-5-13(21)8-16(12)25-20(26)17-10-19(23-11-22-17)24-15-7-6-14(27-2)9-18(15)28-3/h4-11H,1-3H3,(H,25,26)(H,22,23,24). The first-order chi connectivity index (χ1) is 13.5. The molecule has 0 saturated heterocycles. The molecule has 28 heavy (non-hydrogen) atoms. The molecule has 3 rings (SSSR count). The molecule has 144 valence electrons. The molecule has 1 aromatic heterocycles. The van der Waals surface area contributed by atoms with Crippen LogP contribution in [0.4, 0.5) is 17.2 Å². The Balaban J connectivity index is 1.80. The quantitative estimate of drug-likeness (QED) is 0.638. The minimum atomic E-state index is -0.363. The molecule has 0 saturated carbocycles. The van der Waals surface area contributed by atoms with Gasteiger partial charge in [0.2, 0.25) is 0 Å². The summed E-state index contributed by atoms with van der Waals surface area (Å²) < 4.78 is 10.6. The molecule has 0 aliphatic rings. The molecule has 1 amide bonds. The van der Waals surface area contributed by atoms with Crippen LogP contribution in [0.1, 0.15) is 16.1 Å². The van der Waals surface area contributed by atoms with E-state index in [0.29, 0.717) is 33.7 Å². The van der Waals surface area contributed by atoms with Crippen molar-refractivity contribution < 1.29 is 14.3 Å². The zero-order valence-electron chi connectivity index (χ0n) is 15.6. The number of rotatable bonds is 6. The van der Waals surface area contributed by atoms with Crippen LogP contribution in [0.2, 0.25) is 5.02 Å². The van der Waals surface area contributed by atoms with E-state index >= 15 is 0 Å². The molecule has 0 atom stereocenters. The summed E-state index contributed by atoms with van der Waals surface area (Å²) in [6.07, 6.45) is 1.32. The molecule has 3 aromatic rings. The second-order valence-corrected chi connectivity index (χ2v) is 6.33. The van der Waals surface area contributed by atoms with Gasteiger partial charge in [-0.15, -0.1) is 0 Å². The number of aromatic nitrogens is 2. The largest absolute Gasteiger partial charge is 0.497 e. The number of anilines is 3. The molecule has 1 heterocycles. The number of aryl methyl sites for hydroxylation is 1. The Kier molecular flexibility index (Phi) is 5.96. The fourth-order valence-corrected chi connectivity index (χ4v) is 2.68. The van der Waals surface area contributed by atoms with Gasteiger partial charge in [-0.05, 0) is 36.8 Å². The number of amides is 1. The molecule has 0 aliphatic carbocycles. The highest BCUT2D eigenvalue weighted by molar-refractivity contribution is 6.31. The topological polar surface area (TPSA) is 85.4 Å². The third kappa shape index (κ3) is 4.50. The first-order valence-corrected chi connectivity index (χ1v) is 8.76. The number of carbonyl (C=O) groups excluding carboxylic acids is 1. The molecule has 0 aliphatic heterocycles. The Bertz CT molecular complexity index is 1010. The highest BCUT2D eigenvalue weighted by atomic mass is 35.5. The van der Waals surface area contributed by atoms with E-state index in [1.54, 1.807) is 50.6 Å². The minimum absolute atomic E-state index is 0.212. The second-order valence-electron chi connectivity index (χ2n) is 5.89. The van der Waals surface area contributed by atoms with E-state index in [1.807, 2.05) is 13.0 Å². The minimum Gasteiger partial charge on any atom is -0.497 e. The fraction of sp³-hybridized carbons (Fsp3) is 0.150. The van der Waals surface area contributed by atoms with E-state index in [0.717, 1.165) is 5.56 Å². The number of hydrogen-bond donors (Lipinski definition) is 2. The number of ether oxygens (including phenoxy) is 2. The Morgan fingerprint density at radius 1 is 1.00 bits per heavy atom. The van der Waals surface area contributed by atoms with Gasteiger partial charge in [-0.25, -0.2) is 9.97 Å². The van der Waals surface area contributed by atoms with Crippen LogP contribution >= 0.6 is 11.6 Å². The van der Waals surface area contributed by atoms with Crippen molar-refractivity contribution in [2.75, 3.05) is 24.9 Å². The Hall–Kier alpha value is -3.32. The van der Waals surface area contributed by atoms with E-state index in [9.17, 15) is 4.79 Å². The van der Waals surface area contributed by atoms with Crippen molar-refractivity contribution in [1.82, 2.24) is 9.97 Å². The van der Waals surface area contributed by atoms with E-state index in [-0.39, 0.29) is 11.6 Å². The summed E-state index contributed by atoms with van der Waals surface area (Å²) in [5.41, 5.74) is 2.42. The maximum absolute atomic E-state index is 12.6. The van der Waals surface area contributed by atoms with Crippen LogP contribution in [0, 0.1) is 6.92 Å². The predicted octanol–water partition coefficient (Wildman–Crippen LogP) is 4.45. The smallest absolute Gasteiger partial charge is 0.274 e. The van der Waals surface area contributed by atoms with Gasteiger partial charge < -0.3 is 20.1 Å². The molecular formula is C20H19ClN4O3. The molecule has 2 aromatic carbocycles. The number of carbonyl (C=O) groups is 1. The maximum atomic E-state index is 12.6. The summed E-state index contributed by atoms with van der Waals surface area (Å²) >= 11 is 6.00. The number of hydrogen-bond acceptors (Lipinski definition) is 6. The zero-order valence-corrected chi connectivity index (χ0v) is 16.4. The van der Waals surface area contributed by atoms with Crippen molar-refractivity contribution in [3.05, 3.63) is 65.1 Å². The van der Waals surface area contributed by atoms with E-state index < -0.39 is 0 Å². The van der Waals surface area contributed by atoms with E-state index in [4.69, 9.17) is 21.1 Å². The summed E-state index contributed by atoms with van der Waals surface area (Å²) in [6, 6.07) is 12.2. The molecule has 8 heteroatoms. The fourth-order valence-electron chi connectivity index (χ4n) is 2.50. The molecule has 0 unspecified atom stereocenters. The molecule has 7 nitrogen and oxygen atoms in total. The van der Waals surface area contributed by atoms with Gasteiger partial charge in [0.1, 0.15) is 29.3 Å². The Labute approximate surface area is 167 Å². The summed E-state index contributed by atoms with van der Waals surface area (Å²) in [7, 11) is 3.14. The summed E-state index contributed by atoms with van der Waals surface area (Å²) in [4.78, 5) is 20.8. The highest BCUT2D eigenvalue weighted by Gasteiger charge is 2.12. The summed E-state index contributed by atoms with van der Waals surface area (Å²) in [6.45, 7) is 1.88. The van der Waals surface area contributed by atoms with E-state index in [1.165, 1.54) is 6.33 Å². The maximum Gasteiger partial charge on any atom is 0.274 e. The number of halogens is 1. The SMILES string of the molecule is COc1ccc(Nc2cc(C(=O)Nc3cc(Cl)ccc3C)ncn2)c(OC)c1. The Morgan fingerprint density at radius 3 is 2.57 bits per heavy atom. The van der Waals surface area contributed by atoms with Crippen molar-refractivity contribution in [3.63, 3.8) is 0 Å². The highest BCUT2D eigenvalue weighted by Crippen LogP contribution is 2.31. The number of benzene rings is 2. The number of nitrogens with zero attached hydrogens (tertiary/aromatic N) is 2. The molecule has 2 N–H and O–H groups in total. The van der Waals surface area contributed by atoms with Gasteiger partial charge in [0.25, 0.3) is 5.91 Å². The van der Waals surface area contributed by atoms with Gasteiger partial charge in [-0.2, -0.15) is 0 Å². The number of nitrogens with one attached hydrogen (secondary N) is 2. The lowest BCUT2D eigenvalue weighted by Gasteiger charge is -2.12. The van der Waals surface area contributed by atoms with Crippen LogP contribution in [0.15, 0.2) is 48.8 Å². The normalized spacial score (nSPS) is 10.3. The van der Waals surface area contributed by atoms with Crippen LogP contribution in [-0.2, 0) is 0 Å². The average molecular weight is 399 g/mol.